The zero-order valence-corrected chi connectivity index (χ0v) is 25.9. The summed E-state index contributed by atoms with van der Waals surface area (Å²) in [6, 6.07) is 10.9. The van der Waals surface area contributed by atoms with Gasteiger partial charge in [0.1, 0.15) is 5.75 Å². The van der Waals surface area contributed by atoms with Gasteiger partial charge < -0.3 is 14.9 Å². The van der Waals surface area contributed by atoms with Crippen molar-refractivity contribution in [2.75, 3.05) is 31.1 Å². The van der Waals surface area contributed by atoms with Crippen LogP contribution in [0.25, 0.3) is 16.8 Å². The van der Waals surface area contributed by atoms with E-state index in [2.05, 4.69) is 14.8 Å². The van der Waals surface area contributed by atoms with Crippen LogP contribution in [-0.2, 0) is 16.2 Å². The number of benzene rings is 2. The predicted octanol–water partition coefficient (Wildman–Crippen LogP) is 4.48. The zero-order chi connectivity index (χ0) is 33.4. The van der Waals surface area contributed by atoms with Crippen LogP contribution < -0.4 is 9.62 Å². The van der Waals surface area contributed by atoms with Gasteiger partial charge in [-0.3, -0.25) is 14.6 Å². The van der Waals surface area contributed by atoms with Gasteiger partial charge in [0.25, 0.3) is 11.8 Å². The maximum absolute atomic E-state index is 13.9. The van der Waals surface area contributed by atoms with Crippen LogP contribution in [0.5, 0.6) is 5.75 Å². The smallest absolute Gasteiger partial charge is 0.416 e. The van der Waals surface area contributed by atoms with E-state index in [9.17, 15) is 36.3 Å². The molecule has 2 aromatic heterocycles. The highest BCUT2D eigenvalue weighted by molar-refractivity contribution is 7.91. The average molecular weight is 657 g/mol. The molecule has 2 amide bonds. The van der Waals surface area contributed by atoms with Crippen molar-refractivity contribution >= 4 is 27.5 Å². The SMILES string of the molecule is CC(C)(C)S(=O)(=O)NC(=O)c1ccc(N2CCN(C(=O)c3cc(-n4cc(-c5cncc(O)c5)cn4)cc(C(F)(F)F)c3)CC2)cc1. The van der Waals surface area contributed by atoms with Crippen LogP contribution in [-0.4, -0.2) is 75.9 Å². The molecule has 1 aliphatic heterocycles. The van der Waals surface area contributed by atoms with Crippen molar-refractivity contribution in [2.45, 2.75) is 31.7 Å². The fourth-order valence-electron chi connectivity index (χ4n) is 4.74. The first kappa shape index (κ1) is 32.5. The molecule has 242 valence electrons. The predicted molar refractivity (Wildman–Crippen MR) is 164 cm³/mol. The Balaban J connectivity index is 1.29. The number of nitrogens with one attached hydrogen (secondary N) is 1. The minimum atomic E-state index is -4.71. The van der Waals surface area contributed by atoms with Crippen LogP contribution in [0.3, 0.4) is 0 Å². The quantitative estimate of drug-likeness (QED) is 0.310. The van der Waals surface area contributed by atoms with Crippen molar-refractivity contribution in [3.05, 3.63) is 90.0 Å². The fraction of sp³-hybridized carbons (Fsp3) is 0.290. The molecule has 0 unspecified atom stereocenters. The minimum absolute atomic E-state index is 0.0376. The summed E-state index contributed by atoms with van der Waals surface area (Å²) >= 11 is 0. The number of piperazine rings is 1. The van der Waals surface area contributed by atoms with E-state index in [0.29, 0.717) is 24.2 Å². The molecule has 11 nitrogen and oxygen atoms in total. The second-order valence-corrected chi connectivity index (χ2v) is 14.2. The second kappa shape index (κ2) is 12.1. The molecule has 0 aliphatic carbocycles. The Bertz CT molecular complexity index is 1880. The monoisotopic (exact) mass is 656 g/mol. The molecule has 0 bridgehead atoms. The first-order chi connectivity index (χ1) is 21.5. The van der Waals surface area contributed by atoms with Gasteiger partial charge in [-0.25, -0.2) is 17.8 Å². The third kappa shape index (κ3) is 6.98. The number of aromatic hydroxyl groups is 1. The maximum atomic E-state index is 13.9. The molecule has 0 atom stereocenters. The molecule has 0 spiro atoms. The molecule has 5 rings (SSSR count). The van der Waals surface area contributed by atoms with E-state index in [-0.39, 0.29) is 35.7 Å². The van der Waals surface area contributed by atoms with E-state index < -0.39 is 38.3 Å². The largest absolute Gasteiger partial charge is 0.506 e. The van der Waals surface area contributed by atoms with Crippen LogP contribution in [0.2, 0.25) is 0 Å². The molecular formula is C31H31F3N6O5S. The number of aromatic nitrogens is 3. The molecule has 3 heterocycles. The normalized spacial score (nSPS) is 14.3. The Labute approximate surface area is 263 Å². The second-order valence-electron chi connectivity index (χ2n) is 11.7. The third-order valence-corrected chi connectivity index (χ3v) is 9.56. The Hall–Kier alpha value is -4.92. The van der Waals surface area contributed by atoms with Gasteiger partial charge >= 0.3 is 6.18 Å². The van der Waals surface area contributed by atoms with E-state index in [1.165, 1.54) is 79.4 Å². The summed E-state index contributed by atoms with van der Waals surface area (Å²) in [6.45, 7) is 5.65. The number of anilines is 1. The summed E-state index contributed by atoms with van der Waals surface area (Å²) in [7, 11) is -3.88. The lowest BCUT2D eigenvalue weighted by atomic mass is 10.1. The van der Waals surface area contributed by atoms with Crippen LogP contribution in [0, 0.1) is 0 Å². The van der Waals surface area contributed by atoms with E-state index in [4.69, 9.17) is 0 Å². The number of sulfonamides is 1. The molecule has 2 aromatic carbocycles. The Morgan fingerprint density at radius 3 is 2.13 bits per heavy atom. The van der Waals surface area contributed by atoms with Crippen LogP contribution in [0.1, 0.15) is 47.1 Å². The lowest BCUT2D eigenvalue weighted by Crippen LogP contribution is -2.48. The highest BCUT2D eigenvalue weighted by atomic mass is 32.2. The van der Waals surface area contributed by atoms with Gasteiger partial charge in [-0.05, 0) is 69.3 Å². The summed E-state index contributed by atoms with van der Waals surface area (Å²) in [5.74, 6) is -1.39. The number of carbonyl (C=O) groups is 2. The number of hydrogen-bond acceptors (Lipinski definition) is 8. The summed E-state index contributed by atoms with van der Waals surface area (Å²) in [4.78, 5) is 33.3. The molecule has 15 heteroatoms. The molecule has 1 aliphatic rings. The van der Waals surface area contributed by atoms with Crippen molar-refractivity contribution in [3.63, 3.8) is 0 Å². The van der Waals surface area contributed by atoms with Crippen molar-refractivity contribution in [1.82, 2.24) is 24.4 Å². The number of nitrogens with zero attached hydrogens (tertiary/aromatic N) is 5. The summed E-state index contributed by atoms with van der Waals surface area (Å²) in [5, 5.41) is 13.9. The highest BCUT2D eigenvalue weighted by Gasteiger charge is 2.34. The van der Waals surface area contributed by atoms with E-state index in [0.717, 1.165) is 17.8 Å². The first-order valence-electron chi connectivity index (χ1n) is 14.1. The Morgan fingerprint density at radius 1 is 0.848 bits per heavy atom. The zero-order valence-electron chi connectivity index (χ0n) is 25.1. The van der Waals surface area contributed by atoms with Gasteiger partial charge in [-0.2, -0.15) is 18.3 Å². The van der Waals surface area contributed by atoms with Crippen molar-refractivity contribution < 1.29 is 36.3 Å². The first-order valence-corrected chi connectivity index (χ1v) is 15.6. The van der Waals surface area contributed by atoms with Gasteiger partial charge in [0, 0.05) is 66.5 Å². The van der Waals surface area contributed by atoms with Crippen LogP contribution in [0.4, 0.5) is 18.9 Å². The van der Waals surface area contributed by atoms with Gasteiger partial charge in [-0.1, -0.05) is 0 Å². The van der Waals surface area contributed by atoms with E-state index in [1.807, 2.05) is 4.90 Å². The topological polar surface area (TPSA) is 138 Å². The van der Waals surface area contributed by atoms with E-state index in [1.54, 1.807) is 12.1 Å². The number of alkyl halides is 3. The molecule has 1 fully saturated rings. The lowest BCUT2D eigenvalue weighted by molar-refractivity contribution is -0.137. The van der Waals surface area contributed by atoms with Gasteiger partial charge in [0.2, 0.25) is 10.0 Å². The molecule has 2 N–H and O–H groups in total. The average Bonchev–Trinajstić information content (AvgIpc) is 3.50. The lowest BCUT2D eigenvalue weighted by Gasteiger charge is -2.36. The maximum Gasteiger partial charge on any atom is 0.416 e. The van der Waals surface area contributed by atoms with Gasteiger partial charge in [-0.15, -0.1) is 0 Å². The highest BCUT2D eigenvalue weighted by Crippen LogP contribution is 2.33. The summed E-state index contributed by atoms with van der Waals surface area (Å²) in [6.07, 6.45) is 0.921. The van der Waals surface area contributed by atoms with Crippen molar-refractivity contribution in [1.29, 1.82) is 0 Å². The number of carbonyl (C=O) groups excluding carboxylic acids is 2. The summed E-state index contributed by atoms with van der Waals surface area (Å²) < 4.78 is 68.4. The van der Waals surface area contributed by atoms with Gasteiger partial charge in [0.05, 0.1) is 28.4 Å². The molecular weight excluding hydrogens is 625 g/mol. The van der Waals surface area contributed by atoms with Crippen LogP contribution in [0.15, 0.2) is 73.3 Å². The number of pyridine rings is 1. The van der Waals surface area contributed by atoms with Crippen LogP contribution >= 0.6 is 0 Å². The molecule has 0 radical (unpaired) electrons. The summed E-state index contributed by atoms with van der Waals surface area (Å²) in [5.41, 5.74) is 0.814. The standard InChI is InChI=1S/C31H31F3N6O5S/c1-30(2,3)46(44,45)37-28(42)20-4-6-25(7-5-20)38-8-10-39(11-9-38)29(43)21-12-24(31(32,33)34)15-26(13-21)40-19-23(17-36-40)22-14-27(41)18-35-16-22/h4-7,12-19,41H,8-11H2,1-3H3,(H,37,42). The fourth-order valence-corrected chi connectivity index (χ4v) is 5.41. The molecule has 46 heavy (non-hydrogen) atoms. The number of hydrogen-bond donors (Lipinski definition) is 2. The third-order valence-electron chi connectivity index (χ3n) is 7.49. The van der Waals surface area contributed by atoms with Crippen molar-refractivity contribution in [2.24, 2.45) is 0 Å². The Kier molecular flexibility index (Phi) is 8.55. The minimum Gasteiger partial charge on any atom is -0.506 e. The number of amides is 2. The van der Waals surface area contributed by atoms with Crippen molar-refractivity contribution in [3.8, 4) is 22.6 Å². The molecule has 4 aromatic rings. The Morgan fingerprint density at radius 2 is 1.52 bits per heavy atom. The van der Waals surface area contributed by atoms with Gasteiger partial charge in [0.15, 0.2) is 0 Å². The number of rotatable bonds is 6. The van der Waals surface area contributed by atoms with E-state index >= 15 is 0 Å². The number of halogens is 3. The molecule has 1 saturated heterocycles. The molecule has 0 saturated carbocycles.